The van der Waals surface area contributed by atoms with E-state index in [0.717, 1.165) is 21.7 Å². The van der Waals surface area contributed by atoms with Crippen LogP contribution in [-0.4, -0.2) is 18.3 Å². The summed E-state index contributed by atoms with van der Waals surface area (Å²) in [6.45, 7) is 11.1. The number of anilines is 1. The molecule has 9 heteroatoms. The highest BCUT2D eigenvalue weighted by atomic mass is 32.1. The first-order valence-corrected chi connectivity index (χ1v) is 12.9. The number of nitrogens with zero attached hydrogens (tertiary/aromatic N) is 2. The average molecular weight is 440 g/mol. The summed E-state index contributed by atoms with van der Waals surface area (Å²) in [7, 11) is -1.95. The van der Waals surface area contributed by atoms with Crippen LogP contribution < -0.4 is 5.73 Å². The van der Waals surface area contributed by atoms with Crippen molar-refractivity contribution in [1.82, 2.24) is 9.97 Å². The van der Waals surface area contributed by atoms with E-state index < -0.39 is 20.1 Å². The largest absolute Gasteiger partial charge is 0.416 e. The van der Waals surface area contributed by atoms with Gasteiger partial charge < -0.3 is 10.2 Å². The summed E-state index contributed by atoms with van der Waals surface area (Å²) in [6, 6.07) is 6.90. The maximum absolute atomic E-state index is 12.8. The van der Waals surface area contributed by atoms with Crippen molar-refractivity contribution in [2.75, 3.05) is 5.73 Å². The Kier molecular flexibility index (Phi) is 5.52. The molecular weight excluding hydrogens is 415 g/mol. The van der Waals surface area contributed by atoms with Crippen LogP contribution in [-0.2, 0) is 17.2 Å². The molecule has 0 fully saturated rings. The van der Waals surface area contributed by atoms with Gasteiger partial charge in [-0.15, -0.1) is 11.3 Å². The average Bonchev–Trinajstić information content (AvgIpc) is 3.03. The molecule has 0 aliphatic carbocycles. The van der Waals surface area contributed by atoms with Crippen LogP contribution in [0, 0.1) is 0 Å². The smallest absolute Gasteiger partial charge is 0.409 e. The second-order valence-corrected chi connectivity index (χ2v) is 14.3. The van der Waals surface area contributed by atoms with E-state index in [4.69, 9.17) is 10.2 Å². The number of thiophene rings is 1. The van der Waals surface area contributed by atoms with Crippen molar-refractivity contribution in [3.05, 3.63) is 41.7 Å². The number of nitrogens with two attached hydrogens (primary N) is 1. The number of halogens is 3. The lowest BCUT2D eigenvalue weighted by molar-refractivity contribution is -0.137. The Morgan fingerprint density at radius 1 is 1.07 bits per heavy atom. The summed E-state index contributed by atoms with van der Waals surface area (Å²) < 4.78 is 45.2. The van der Waals surface area contributed by atoms with Crippen LogP contribution in [0.25, 0.3) is 20.7 Å². The van der Waals surface area contributed by atoms with Crippen LogP contribution in [0.5, 0.6) is 0 Å². The fourth-order valence-electron chi connectivity index (χ4n) is 2.49. The quantitative estimate of drug-likeness (QED) is 0.473. The van der Waals surface area contributed by atoms with Crippen LogP contribution >= 0.6 is 11.3 Å². The molecule has 2 N–H and O–H groups in total. The molecule has 1 aromatic carbocycles. The van der Waals surface area contributed by atoms with Gasteiger partial charge in [-0.1, -0.05) is 32.9 Å². The molecule has 156 valence electrons. The van der Waals surface area contributed by atoms with E-state index in [0.29, 0.717) is 22.7 Å². The summed E-state index contributed by atoms with van der Waals surface area (Å²) in [6.07, 6.45) is -4.35. The van der Waals surface area contributed by atoms with Crippen LogP contribution in [0.15, 0.2) is 30.3 Å². The maximum Gasteiger partial charge on any atom is 0.416 e. The summed E-state index contributed by atoms with van der Waals surface area (Å²) >= 11 is 1.36. The van der Waals surface area contributed by atoms with Gasteiger partial charge in [-0.05, 0) is 41.9 Å². The molecule has 0 bridgehead atoms. The van der Waals surface area contributed by atoms with Gasteiger partial charge in [0.1, 0.15) is 5.82 Å². The zero-order chi connectivity index (χ0) is 21.6. The van der Waals surface area contributed by atoms with E-state index in [1.165, 1.54) is 23.5 Å². The van der Waals surface area contributed by atoms with Crippen LogP contribution in [0.4, 0.5) is 19.0 Å². The number of rotatable bonds is 4. The van der Waals surface area contributed by atoms with Crippen LogP contribution in [0.3, 0.4) is 0 Å². The Morgan fingerprint density at radius 3 is 2.24 bits per heavy atom. The lowest BCUT2D eigenvalue weighted by Gasteiger charge is -2.35. The first-order valence-electron chi connectivity index (χ1n) is 9.15. The first kappa shape index (κ1) is 21.7. The Labute approximate surface area is 173 Å². The van der Waals surface area contributed by atoms with E-state index in [1.54, 1.807) is 0 Å². The van der Waals surface area contributed by atoms with Crippen molar-refractivity contribution in [2.24, 2.45) is 0 Å². The molecule has 2 aromatic heterocycles. The SMILES string of the molecule is CC(C)(C)[Si](C)(C)OCc1nc(N)c2sc(-c3ccc(C(F)(F)F)cc3)cc2n1. The molecule has 0 aliphatic rings. The predicted octanol–water partition coefficient (Wildman–Crippen LogP) is 6.48. The number of fused-ring (bicyclic) bond motifs is 1. The Morgan fingerprint density at radius 2 is 1.69 bits per heavy atom. The molecule has 29 heavy (non-hydrogen) atoms. The monoisotopic (exact) mass is 439 g/mol. The highest BCUT2D eigenvalue weighted by molar-refractivity contribution is 7.22. The highest BCUT2D eigenvalue weighted by Gasteiger charge is 2.37. The molecular formula is C20H24F3N3OSSi. The number of benzene rings is 1. The van der Waals surface area contributed by atoms with Crippen LogP contribution in [0.2, 0.25) is 18.1 Å². The van der Waals surface area contributed by atoms with Gasteiger partial charge in [-0.2, -0.15) is 13.2 Å². The molecule has 0 radical (unpaired) electrons. The van der Waals surface area contributed by atoms with Gasteiger partial charge in [0.15, 0.2) is 14.1 Å². The highest BCUT2D eigenvalue weighted by Crippen LogP contribution is 2.38. The number of alkyl halides is 3. The minimum absolute atomic E-state index is 0.0702. The standard InChI is InChI=1S/C20H24F3N3OSSi/c1-19(2,3)29(4,5)27-11-16-25-14-10-15(28-17(14)18(24)26-16)12-6-8-13(9-7-12)20(21,22)23/h6-10H,11H2,1-5H3,(H2,24,25,26). The van der Waals surface area contributed by atoms with Gasteiger partial charge in [-0.3, -0.25) is 0 Å². The minimum atomic E-state index is -4.35. The summed E-state index contributed by atoms with van der Waals surface area (Å²) in [5.41, 5.74) is 6.80. The lowest BCUT2D eigenvalue weighted by Crippen LogP contribution is -2.40. The Hall–Kier alpha value is -1.97. The lowest BCUT2D eigenvalue weighted by atomic mass is 10.1. The second-order valence-electron chi connectivity index (χ2n) is 8.47. The van der Waals surface area contributed by atoms with Gasteiger partial charge in [0.05, 0.1) is 22.4 Å². The molecule has 0 spiro atoms. The normalized spacial score (nSPS) is 13.2. The van der Waals surface area contributed by atoms with Gasteiger partial charge in [0.2, 0.25) is 0 Å². The third-order valence-electron chi connectivity index (χ3n) is 5.31. The molecule has 2 heterocycles. The summed E-state index contributed by atoms with van der Waals surface area (Å²) in [4.78, 5) is 9.72. The van der Waals surface area contributed by atoms with Crippen molar-refractivity contribution in [3.8, 4) is 10.4 Å². The van der Waals surface area contributed by atoms with Crippen molar-refractivity contribution < 1.29 is 17.6 Å². The number of aromatic nitrogens is 2. The second kappa shape index (κ2) is 7.37. The molecule has 0 aliphatic heterocycles. The third kappa shape index (κ3) is 4.62. The van der Waals surface area contributed by atoms with Gasteiger partial charge >= 0.3 is 6.18 Å². The van der Waals surface area contributed by atoms with Crippen molar-refractivity contribution in [3.63, 3.8) is 0 Å². The summed E-state index contributed by atoms with van der Waals surface area (Å²) in [5.74, 6) is 0.864. The van der Waals surface area contributed by atoms with Gasteiger partial charge in [0, 0.05) is 4.88 Å². The molecule has 0 amide bonds. The van der Waals surface area contributed by atoms with Gasteiger partial charge in [-0.25, -0.2) is 9.97 Å². The van der Waals surface area contributed by atoms with Crippen molar-refractivity contribution >= 4 is 35.7 Å². The third-order valence-corrected chi connectivity index (χ3v) is 11.0. The maximum atomic E-state index is 12.8. The number of hydrogen-bond acceptors (Lipinski definition) is 5. The molecule has 0 saturated carbocycles. The molecule has 3 aromatic rings. The van der Waals surface area contributed by atoms with E-state index in [9.17, 15) is 13.2 Å². The first-order chi connectivity index (χ1) is 13.3. The van der Waals surface area contributed by atoms with E-state index >= 15 is 0 Å². The minimum Gasteiger partial charge on any atom is -0.409 e. The fourth-order valence-corrected chi connectivity index (χ4v) is 4.42. The van der Waals surface area contributed by atoms with E-state index in [2.05, 4.69) is 43.8 Å². The van der Waals surface area contributed by atoms with E-state index in [1.807, 2.05) is 6.07 Å². The molecule has 0 atom stereocenters. The summed E-state index contributed by atoms with van der Waals surface area (Å²) in [5, 5.41) is 0.0702. The van der Waals surface area contributed by atoms with Gasteiger partial charge in [0.25, 0.3) is 0 Å². The zero-order valence-corrected chi connectivity index (χ0v) is 18.8. The number of hydrogen-bond donors (Lipinski definition) is 1. The molecule has 3 rings (SSSR count). The predicted molar refractivity (Wildman–Crippen MR) is 114 cm³/mol. The fraction of sp³-hybridized carbons (Fsp3) is 0.400. The zero-order valence-electron chi connectivity index (χ0n) is 17.0. The Bertz CT molecular complexity index is 1020. The van der Waals surface area contributed by atoms with Crippen molar-refractivity contribution in [2.45, 2.75) is 51.7 Å². The Balaban J connectivity index is 1.88. The van der Waals surface area contributed by atoms with Crippen LogP contribution in [0.1, 0.15) is 32.2 Å². The van der Waals surface area contributed by atoms with Crippen molar-refractivity contribution in [1.29, 1.82) is 0 Å². The molecule has 0 unspecified atom stereocenters. The molecule has 0 saturated heterocycles. The van der Waals surface area contributed by atoms with E-state index in [-0.39, 0.29) is 11.6 Å². The number of nitrogen functional groups attached to an aromatic ring is 1. The molecule has 4 nitrogen and oxygen atoms in total. The topological polar surface area (TPSA) is 61.0 Å².